The van der Waals surface area contributed by atoms with Gasteiger partial charge >= 0.3 is 16.5 Å². The molecule has 0 heterocycles. The summed E-state index contributed by atoms with van der Waals surface area (Å²) in [6.45, 7) is 5.14. The Hall–Kier alpha value is 3.07. The van der Waals surface area contributed by atoms with E-state index in [1.165, 1.54) is 0 Å². The van der Waals surface area contributed by atoms with Crippen molar-refractivity contribution in [3.8, 4) is 0 Å². The predicted molar refractivity (Wildman–Crippen MR) is 99.9 cm³/mol. The zero-order valence-corrected chi connectivity index (χ0v) is 23.2. The molecule has 0 fully saturated rings. The largest absolute Gasteiger partial charge is 3.00 e. The van der Waals surface area contributed by atoms with Crippen molar-refractivity contribution in [2.45, 2.75) is 0 Å². The first-order valence-corrected chi connectivity index (χ1v) is 5.36. The molecular formula is C8H33N8NiSbSe4-4. The van der Waals surface area contributed by atoms with E-state index in [0.29, 0.717) is 45.8 Å². The summed E-state index contributed by atoms with van der Waals surface area (Å²) >= 11 is 0. The molecule has 0 aliphatic carbocycles. The molecule has 0 aromatic rings. The molecule has 0 aromatic carbocycles. The van der Waals surface area contributed by atoms with Crippen LogP contribution < -0.4 is 45.9 Å². The minimum absolute atomic E-state index is 0. The number of quaternary nitrogens is 1. The maximum atomic E-state index is 4.97. The summed E-state index contributed by atoms with van der Waals surface area (Å²) in [4.78, 5) is 0. The molecular weight excluding hydrogens is 704 g/mol. The Labute approximate surface area is 205 Å². The minimum atomic E-state index is 0. The van der Waals surface area contributed by atoms with Crippen LogP contribution in [0.5, 0.6) is 0 Å². The second-order valence-corrected chi connectivity index (χ2v) is 2.37. The van der Waals surface area contributed by atoms with Crippen molar-refractivity contribution < 1.29 is 22.2 Å². The van der Waals surface area contributed by atoms with Crippen LogP contribution in [0.1, 0.15) is 0 Å². The summed E-state index contributed by atoms with van der Waals surface area (Å²) in [6.07, 6.45) is 0. The van der Waals surface area contributed by atoms with Gasteiger partial charge in [-0.1, -0.05) is 0 Å². The molecule has 0 unspecified atom stereocenters. The molecule has 4 radical (unpaired) electrons. The third kappa shape index (κ3) is 225. The van der Waals surface area contributed by atoms with Gasteiger partial charge in [-0.2, -0.15) is 0 Å². The van der Waals surface area contributed by atoms with Gasteiger partial charge in [0.15, 0.2) is 0 Å². The molecule has 0 bridgehead atoms. The fraction of sp³-hybridized carbons (Fsp3) is 1.00. The second-order valence-electron chi connectivity index (χ2n) is 2.37. The van der Waals surface area contributed by atoms with E-state index >= 15 is 0 Å². The minimum Gasteiger partial charge on any atom is -2.00 e. The van der Waals surface area contributed by atoms with Crippen molar-refractivity contribution in [2.24, 2.45) is 40.1 Å². The van der Waals surface area contributed by atoms with Crippen LogP contribution in [-0.4, -0.2) is 145 Å². The molecule has 0 atom stereocenters. The molecule has 0 rings (SSSR count). The van der Waals surface area contributed by atoms with E-state index < -0.39 is 0 Å². The Morgan fingerprint density at radius 3 is 0.545 bits per heavy atom. The number of hydrogen-bond acceptors (Lipinski definition) is 7. The Morgan fingerprint density at radius 2 is 0.545 bits per heavy atom. The average molecular weight is 738 g/mol. The smallest absolute Gasteiger partial charge is 2.00 e. The van der Waals surface area contributed by atoms with Gasteiger partial charge in [-0.3, -0.25) is 0 Å². The summed E-state index contributed by atoms with van der Waals surface area (Å²) in [7, 11) is 0. The van der Waals surface area contributed by atoms with Crippen molar-refractivity contribution in [1.29, 1.82) is 0 Å². The van der Waals surface area contributed by atoms with Crippen LogP contribution in [0.3, 0.4) is 0 Å². The van der Waals surface area contributed by atoms with Gasteiger partial charge in [-0.05, 0) is 0 Å². The van der Waals surface area contributed by atoms with Gasteiger partial charge < -0.3 is 114 Å². The first kappa shape index (κ1) is 64.0. The fourth-order valence-corrected chi connectivity index (χ4v) is 0. The van der Waals surface area contributed by atoms with Crippen LogP contribution in [0.2, 0.25) is 0 Å². The Bertz CT molecular complexity index is 66.1. The molecule has 0 aliphatic heterocycles. The van der Waals surface area contributed by atoms with Gasteiger partial charge in [-0.25, -0.2) is 0 Å². The zero-order valence-electron chi connectivity index (χ0n) is 12.8. The summed E-state index contributed by atoms with van der Waals surface area (Å²) < 4.78 is 0. The summed E-state index contributed by atoms with van der Waals surface area (Å²) in [5.41, 5.74) is 37.9. The first-order chi connectivity index (χ1) is 7.66. The molecule has 17 N–H and O–H groups in total. The first-order valence-electron chi connectivity index (χ1n) is 5.36. The molecule has 148 valence electrons. The molecule has 14 heteroatoms. The topological polar surface area (TPSA) is 210 Å². The SMILES string of the molecule is NCCN.NCCN.NCCN.NCC[NH3+].[Ni+3].[Sb].[Se-2].[Se-2].[Se-2].[Se-2]. The predicted octanol–water partition coefficient (Wildman–Crippen LogP) is -7.01. The van der Waals surface area contributed by atoms with E-state index in [-0.39, 0.29) is 109 Å². The van der Waals surface area contributed by atoms with Crippen LogP contribution >= 0.6 is 0 Å². The van der Waals surface area contributed by atoms with Crippen molar-refractivity contribution in [1.82, 2.24) is 0 Å². The van der Waals surface area contributed by atoms with E-state index in [1.807, 2.05) is 0 Å². The Kier molecular flexibility index (Phi) is 304. The summed E-state index contributed by atoms with van der Waals surface area (Å²) in [5, 5.41) is 0. The zero-order chi connectivity index (χ0) is 13.7. The van der Waals surface area contributed by atoms with Crippen molar-refractivity contribution in [3.05, 3.63) is 0 Å². The Morgan fingerprint density at radius 1 is 0.455 bits per heavy atom. The van der Waals surface area contributed by atoms with E-state index in [0.717, 1.165) is 6.54 Å². The standard InChI is InChI=1S/4C2H8N2.Ni.Sb.4Se/c4*3-1-2-4;;;;;;/h4*1-4H2;;;;;;/q;;;;+3;;4*-2/p+1. The van der Waals surface area contributed by atoms with Gasteiger partial charge in [0.25, 0.3) is 0 Å². The number of rotatable bonds is 4. The normalized spacial score (nSPS) is 5.45. The fourth-order valence-electron chi connectivity index (χ4n) is 0. The molecule has 0 amide bonds. The second kappa shape index (κ2) is 105. The van der Waals surface area contributed by atoms with E-state index in [1.54, 1.807) is 0 Å². The number of nitrogens with two attached hydrogens (primary N) is 7. The van der Waals surface area contributed by atoms with Gasteiger partial charge in [0, 0.05) is 70.2 Å². The van der Waals surface area contributed by atoms with Crippen LogP contribution in [-0.2, 0) is 16.5 Å². The van der Waals surface area contributed by atoms with Crippen LogP contribution in [0.15, 0.2) is 0 Å². The third-order valence-electron chi connectivity index (χ3n) is 0.704. The molecule has 0 aliphatic rings. The maximum absolute atomic E-state index is 4.97. The average Bonchev–Trinajstić information content (AvgIpc) is 2.39. The van der Waals surface area contributed by atoms with E-state index in [9.17, 15) is 0 Å². The summed E-state index contributed by atoms with van der Waals surface area (Å²) in [5.74, 6) is 0. The third-order valence-corrected chi connectivity index (χ3v) is 0.704. The van der Waals surface area contributed by atoms with Crippen molar-refractivity contribution >= 4 is 92.7 Å². The van der Waals surface area contributed by atoms with Gasteiger partial charge in [0.2, 0.25) is 0 Å². The van der Waals surface area contributed by atoms with Crippen LogP contribution in [0.4, 0.5) is 0 Å². The Balaban J connectivity index is -0.00000001000. The molecule has 0 saturated carbocycles. The molecule has 0 saturated heterocycles. The van der Waals surface area contributed by atoms with Crippen molar-refractivity contribution in [2.75, 3.05) is 52.4 Å². The van der Waals surface area contributed by atoms with Gasteiger partial charge in [0.1, 0.15) is 0 Å². The van der Waals surface area contributed by atoms with Crippen LogP contribution in [0, 0.1) is 0 Å². The molecule has 8 nitrogen and oxygen atoms in total. The molecule has 0 aromatic heterocycles. The summed E-state index contributed by atoms with van der Waals surface area (Å²) in [6, 6.07) is 0. The van der Waals surface area contributed by atoms with E-state index in [4.69, 9.17) is 40.1 Å². The van der Waals surface area contributed by atoms with Gasteiger partial charge in [0.05, 0.1) is 6.54 Å². The van der Waals surface area contributed by atoms with Crippen molar-refractivity contribution in [3.63, 3.8) is 0 Å². The quantitative estimate of drug-likeness (QED) is 0.131. The molecule has 22 heavy (non-hydrogen) atoms. The monoisotopic (exact) mass is 740 g/mol. The number of hydrogen-bond donors (Lipinski definition) is 8. The maximum Gasteiger partial charge on any atom is 3.00 e. The van der Waals surface area contributed by atoms with E-state index in [2.05, 4.69) is 5.73 Å². The van der Waals surface area contributed by atoms with Gasteiger partial charge in [-0.15, -0.1) is 0 Å². The molecule has 0 spiro atoms. The van der Waals surface area contributed by atoms with Crippen LogP contribution in [0.25, 0.3) is 0 Å².